The fourth-order valence-electron chi connectivity index (χ4n) is 1.35. The van der Waals surface area contributed by atoms with Gasteiger partial charge in [0.2, 0.25) is 5.28 Å². The van der Waals surface area contributed by atoms with Gasteiger partial charge in [0.05, 0.1) is 18.1 Å². The van der Waals surface area contributed by atoms with Crippen LogP contribution in [0.3, 0.4) is 0 Å². The van der Waals surface area contributed by atoms with E-state index in [0.717, 1.165) is 19.1 Å². The number of hydrazine groups is 1. The maximum Gasteiger partial charge on any atom is 0.238 e. The number of rotatable bonds is 4. The lowest BCUT2D eigenvalue weighted by Gasteiger charge is -2.17. The van der Waals surface area contributed by atoms with Crippen LogP contribution in [0.4, 0.5) is 0 Å². The molecule has 1 fully saturated rings. The highest BCUT2D eigenvalue weighted by Crippen LogP contribution is 2.16. The van der Waals surface area contributed by atoms with Crippen molar-refractivity contribution in [2.75, 3.05) is 13.2 Å². The minimum Gasteiger partial charge on any atom is -0.569 e. The largest absolute Gasteiger partial charge is 0.569 e. The second-order valence-corrected chi connectivity index (χ2v) is 2.75. The van der Waals surface area contributed by atoms with Crippen LogP contribution >= 0.6 is 0 Å². The van der Waals surface area contributed by atoms with Crippen LogP contribution in [0.1, 0.15) is 12.8 Å². The fraction of sp³-hybridized carbons (Fsp3) is 0.714. The van der Waals surface area contributed by atoms with Crippen molar-refractivity contribution < 1.29 is 14.9 Å². The summed E-state index contributed by atoms with van der Waals surface area (Å²) in [7, 11) is 0. The first-order chi connectivity index (χ1) is 6.29. The number of hydrogen-bond donors (Lipinski definition) is 1. The predicted molar refractivity (Wildman–Crippen MR) is 44.2 cm³/mol. The molecule has 1 atom stereocenters. The third-order valence-electron chi connectivity index (χ3n) is 1.97. The Bertz CT molecular complexity index is 207. The predicted octanol–water partition coefficient (Wildman–Crippen LogP) is 0.396. The molecule has 13 heavy (non-hydrogen) atoms. The maximum absolute atomic E-state index is 11.2. The number of aliphatic hydroxyl groups excluding tert-OH is 1. The van der Waals surface area contributed by atoms with Gasteiger partial charge in [0.25, 0.3) is 0 Å². The van der Waals surface area contributed by atoms with E-state index in [2.05, 4.69) is 16.7 Å². The lowest BCUT2D eigenvalue weighted by atomic mass is 10.2. The van der Waals surface area contributed by atoms with E-state index in [0.29, 0.717) is 11.5 Å². The molecule has 1 aliphatic rings. The monoisotopic (exact) mass is 187 g/mol. The van der Waals surface area contributed by atoms with Gasteiger partial charge in [-0.2, -0.15) is 0 Å². The van der Waals surface area contributed by atoms with E-state index in [9.17, 15) is 5.21 Å². The summed E-state index contributed by atoms with van der Waals surface area (Å²) >= 11 is 0. The Labute approximate surface area is 76.2 Å². The third kappa shape index (κ3) is 2.32. The first-order valence-corrected chi connectivity index (χ1v) is 4.12. The molecule has 1 N–H and O–H groups in total. The molecule has 0 spiro atoms. The molecule has 1 saturated heterocycles. The molecule has 0 saturated carbocycles. The zero-order valence-corrected chi connectivity index (χ0v) is 7.30. The Morgan fingerprint density at radius 3 is 3.23 bits per heavy atom. The van der Waals surface area contributed by atoms with E-state index in [-0.39, 0.29) is 12.6 Å². The Kier molecular flexibility index (Phi) is 3.51. The topological polar surface area (TPSA) is 71.1 Å². The van der Waals surface area contributed by atoms with Crippen molar-refractivity contribution in [2.24, 2.45) is 5.28 Å². The number of aliphatic hydroxyl groups is 1. The van der Waals surface area contributed by atoms with E-state index >= 15 is 0 Å². The standard InChI is InChI=1S/C7H13N3O3/c1-2-13-8-10(12)9-5-3-4-7(9)6-11/h2,7,11H,1,3-6H2/b10-8-. The third-order valence-corrected chi connectivity index (χ3v) is 1.97. The van der Waals surface area contributed by atoms with Gasteiger partial charge in [-0.3, -0.25) is 0 Å². The fourth-order valence-corrected chi connectivity index (χ4v) is 1.35. The molecular formula is C7H13N3O3. The number of nitrogens with zero attached hydrogens (tertiary/aromatic N) is 3. The zero-order valence-electron chi connectivity index (χ0n) is 7.30. The van der Waals surface area contributed by atoms with E-state index in [1.165, 1.54) is 5.01 Å². The summed E-state index contributed by atoms with van der Waals surface area (Å²) in [6, 6.07) is -0.144. The molecule has 1 rings (SSSR count). The molecular weight excluding hydrogens is 174 g/mol. The molecule has 1 heterocycles. The molecule has 0 amide bonds. The smallest absolute Gasteiger partial charge is 0.238 e. The first kappa shape index (κ1) is 9.79. The zero-order chi connectivity index (χ0) is 9.68. The van der Waals surface area contributed by atoms with Gasteiger partial charge >= 0.3 is 0 Å². The quantitative estimate of drug-likeness (QED) is 0.299. The molecule has 6 nitrogen and oxygen atoms in total. The lowest BCUT2D eigenvalue weighted by Crippen LogP contribution is -2.37. The molecule has 1 aliphatic heterocycles. The van der Waals surface area contributed by atoms with E-state index in [4.69, 9.17) is 5.11 Å². The van der Waals surface area contributed by atoms with Crippen LogP contribution in [0.5, 0.6) is 0 Å². The molecule has 0 bridgehead atoms. The van der Waals surface area contributed by atoms with Gasteiger partial charge in [0.15, 0.2) is 0 Å². The van der Waals surface area contributed by atoms with Crippen molar-refractivity contribution in [1.29, 1.82) is 0 Å². The molecule has 0 aromatic carbocycles. The summed E-state index contributed by atoms with van der Waals surface area (Å²) in [4.78, 5) is 4.74. The highest BCUT2D eigenvalue weighted by molar-refractivity contribution is 4.71. The Morgan fingerprint density at radius 2 is 2.62 bits per heavy atom. The van der Waals surface area contributed by atoms with Crippen molar-refractivity contribution in [1.82, 2.24) is 5.01 Å². The highest BCUT2D eigenvalue weighted by atomic mass is 16.7. The Hall–Kier alpha value is -1.30. The van der Waals surface area contributed by atoms with Crippen LogP contribution in [0, 0.1) is 5.21 Å². The second-order valence-electron chi connectivity index (χ2n) is 2.75. The van der Waals surface area contributed by atoms with Crippen molar-refractivity contribution >= 4 is 0 Å². The van der Waals surface area contributed by atoms with Crippen LogP contribution in [0.25, 0.3) is 0 Å². The number of hydrogen-bond acceptors (Lipinski definition) is 4. The van der Waals surface area contributed by atoms with Gasteiger partial charge in [0.1, 0.15) is 12.3 Å². The molecule has 0 aromatic heterocycles. The lowest BCUT2D eigenvalue weighted by molar-refractivity contribution is -0.713. The van der Waals surface area contributed by atoms with E-state index < -0.39 is 0 Å². The van der Waals surface area contributed by atoms with Gasteiger partial charge in [-0.25, -0.2) is 0 Å². The summed E-state index contributed by atoms with van der Waals surface area (Å²) in [6.45, 7) is 3.81. The van der Waals surface area contributed by atoms with Crippen LogP contribution in [0.15, 0.2) is 18.1 Å². The van der Waals surface area contributed by atoms with Crippen molar-refractivity contribution in [3.05, 3.63) is 18.0 Å². The highest BCUT2D eigenvalue weighted by Gasteiger charge is 2.30. The van der Waals surface area contributed by atoms with Crippen LogP contribution in [-0.4, -0.2) is 34.3 Å². The summed E-state index contributed by atoms with van der Waals surface area (Å²) in [5.41, 5.74) is 0. The van der Waals surface area contributed by atoms with Gasteiger partial charge in [0, 0.05) is 0 Å². The maximum atomic E-state index is 11.2. The van der Waals surface area contributed by atoms with Gasteiger partial charge in [-0.05, 0) is 12.8 Å². The summed E-state index contributed by atoms with van der Waals surface area (Å²) in [5.74, 6) is 0. The van der Waals surface area contributed by atoms with Crippen molar-refractivity contribution in [3.8, 4) is 0 Å². The average Bonchev–Trinajstić information content (AvgIpc) is 2.61. The Morgan fingerprint density at radius 1 is 1.85 bits per heavy atom. The first-order valence-electron chi connectivity index (χ1n) is 4.12. The van der Waals surface area contributed by atoms with Crippen LogP contribution in [0.2, 0.25) is 0 Å². The van der Waals surface area contributed by atoms with Crippen molar-refractivity contribution in [2.45, 2.75) is 18.9 Å². The van der Waals surface area contributed by atoms with E-state index in [1.54, 1.807) is 0 Å². The normalized spacial score (nSPS) is 23.3. The van der Waals surface area contributed by atoms with Gasteiger partial charge in [-0.1, -0.05) is 6.58 Å². The molecule has 74 valence electrons. The van der Waals surface area contributed by atoms with Gasteiger partial charge in [-0.15, -0.1) is 5.01 Å². The summed E-state index contributed by atoms with van der Waals surface area (Å²) in [6.07, 6.45) is 2.75. The van der Waals surface area contributed by atoms with Gasteiger partial charge < -0.3 is 15.2 Å². The van der Waals surface area contributed by atoms with Crippen LogP contribution in [-0.2, 0) is 4.84 Å². The summed E-state index contributed by atoms with van der Waals surface area (Å²) < 4.78 is 0. The minimum absolute atomic E-state index is 0.0393. The van der Waals surface area contributed by atoms with Crippen LogP contribution < -0.4 is 0 Å². The molecule has 0 aliphatic carbocycles. The SMILES string of the molecule is C=CO/N=[N+](\[O-])N1CCCC1CO. The minimum atomic E-state index is -0.144. The van der Waals surface area contributed by atoms with Crippen molar-refractivity contribution in [3.63, 3.8) is 0 Å². The molecule has 0 aromatic rings. The molecule has 6 heteroatoms. The van der Waals surface area contributed by atoms with E-state index in [1.807, 2.05) is 0 Å². The average molecular weight is 187 g/mol. The second kappa shape index (κ2) is 4.66. The molecule has 0 radical (unpaired) electrons. The summed E-state index contributed by atoms with van der Waals surface area (Å²) in [5, 5.41) is 24.7. The molecule has 1 unspecified atom stereocenters. The Balaban J connectivity index is 2.53.